The summed E-state index contributed by atoms with van der Waals surface area (Å²) in [4.78, 5) is 12.2. The van der Waals surface area contributed by atoms with E-state index < -0.39 is 10.2 Å². The first-order valence-corrected chi connectivity index (χ1v) is 8.11. The Labute approximate surface area is 121 Å². The highest BCUT2D eigenvalue weighted by Gasteiger charge is 2.30. The van der Waals surface area contributed by atoms with Crippen molar-refractivity contribution < 1.29 is 17.9 Å². The monoisotopic (exact) mass is 307 g/mol. The fourth-order valence-electron chi connectivity index (χ4n) is 2.06. The number of carbonyl (C=O) groups excluding carboxylic acids is 1. The molecular formula is C12H25N3O4S. The Morgan fingerprint density at radius 2 is 1.80 bits per heavy atom. The molecule has 0 aromatic carbocycles. The van der Waals surface area contributed by atoms with Crippen LogP contribution in [0.3, 0.4) is 0 Å². The van der Waals surface area contributed by atoms with Gasteiger partial charge in [0, 0.05) is 39.8 Å². The zero-order chi connectivity index (χ0) is 15.4. The Morgan fingerprint density at radius 3 is 2.20 bits per heavy atom. The van der Waals surface area contributed by atoms with E-state index in [1.807, 2.05) is 20.8 Å². The van der Waals surface area contributed by atoms with Crippen LogP contribution < -0.4 is 4.72 Å². The highest BCUT2D eigenvalue weighted by molar-refractivity contribution is 7.87. The lowest BCUT2D eigenvalue weighted by molar-refractivity contribution is -0.119. The number of amides is 1. The molecule has 1 unspecified atom stereocenters. The molecule has 1 rings (SSSR count). The molecule has 0 saturated carbocycles. The molecule has 0 aromatic rings. The van der Waals surface area contributed by atoms with E-state index in [0.29, 0.717) is 26.2 Å². The molecule has 1 saturated heterocycles. The predicted molar refractivity (Wildman–Crippen MR) is 76.4 cm³/mol. The number of methoxy groups -OCH3 is 1. The van der Waals surface area contributed by atoms with E-state index in [1.54, 1.807) is 12.0 Å². The topological polar surface area (TPSA) is 79.0 Å². The van der Waals surface area contributed by atoms with E-state index in [1.165, 1.54) is 4.31 Å². The SMILES string of the molecule is COC(CNS(=O)(=O)N1CCN(C=O)CC1)C(C)(C)C. The van der Waals surface area contributed by atoms with Gasteiger partial charge < -0.3 is 9.64 Å². The van der Waals surface area contributed by atoms with Crippen LogP contribution in [0.2, 0.25) is 0 Å². The minimum Gasteiger partial charge on any atom is -0.380 e. The van der Waals surface area contributed by atoms with Gasteiger partial charge in [0.25, 0.3) is 10.2 Å². The van der Waals surface area contributed by atoms with Crippen molar-refractivity contribution in [2.24, 2.45) is 5.41 Å². The third kappa shape index (κ3) is 4.69. The summed E-state index contributed by atoms with van der Waals surface area (Å²) in [5.74, 6) is 0. The summed E-state index contributed by atoms with van der Waals surface area (Å²) in [6.07, 6.45) is 0.548. The van der Waals surface area contributed by atoms with Gasteiger partial charge in [0.05, 0.1) is 6.10 Å². The van der Waals surface area contributed by atoms with Crippen molar-refractivity contribution in [3.63, 3.8) is 0 Å². The number of hydrogen-bond acceptors (Lipinski definition) is 4. The number of nitrogens with one attached hydrogen (secondary N) is 1. The maximum absolute atomic E-state index is 12.2. The van der Waals surface area contributed by atoms with Crippen LogP contribution >= 0.6 is 0 Å². The quantitative estimate of drug-likeness (QED) is 0.681. The Kier molecular flexibility index (Phi) is 5.93. The van der Waals surface area contributed by atoms with Crippen LogP contribution in [0.4, 0.5) is 0 Å². The van der Waals surface area contributed by atoms with Gasteiger partial charge in [-0.15, -0.1) is 0 Å². The first-order chi connectivity index (χ1) is 9.20. The van der Waals surface area contributed by atoms with Crippen molar-refractivity contribution >= 4 is 16.6 Å². The van der Waals surface area contributed by atoms with Gasteiger partial charge in [-0.3, -0.25) is 4.79 Å². The summed E-state index contributed by atoms with van der Waals surface area (Å²) in [6, 6.07) is 0. The Balaban J connectivity index is 2.56. The molecule has 0 radical (unpaired) electrons. The van der Waals surface area contributed by atoms with E-state index in [0.717, 1.165) is 6.41 Å². The summed E-state index contributed by atoms with van der Waals surface area (Å²) in [7, 11) is -1.94. The van der Waals surface area contributed by atoms with Gasteiger partial charge in [0.1, 0.15) is 0 Å². The minimum atomic E-state index is -3.52. The third-order valence-corrected chi connectivity index (χ3v) is 5.04. The number of rotatable bonds is 6. The fourth-order valence-corrected chi connectivity index (χ4v) is 3.25. The maximum Gasteiger partial charge on any atom is 0.279 e. The molecule has 1 aliphatic heterocycles. The molecule has 0 aromatic heterocycles. The molecule has 1 amide bonds. The second-order valence-electron chi connectivity index (χ2n) is 5.98. The highest BCUT2D eigenvalue weighted by atomic mass is 32.2. The van der Waals surface area contributed by atoms with Crippen LogP contribution in [-0.4, -0.2) is 70.0 Å². The largest absolute Gasteiger partial charge is 0.380 e. The van der Waals surface area contributed by atoms with Crippen LogP contribution in [0, 0.1) is 5.41 Å². The molecule has 1 heterocycles. The number of piperazine rings is 1. The second kappa shape index (κ2) is 6.84. The van der Waals surface area contributed by atoms with Crippen molar-refractivity contribution in [2.45, 2.75) is 26.9 Å². The first kappa shape index (κ1) is 17.4. The Bertz CT molecular complexity index is 411. The summed E-state index contributed by atoms with van der Waals surface area (Å²) < 4.78 is 33.6. The van der Waals surface area contributed by atoms with Crippen molar-refractivity contribution in [3.05, 3.63) is 0 Å². The Hall–Kier alpha value is -0.700. The molecule has 8 heteroatoms. The number of carbonyl (C=O) groups is 1. The zero-order valence-corrected chi connectivity index (χ0v) is 13.4. The van der Waals surface area contributed by atoms with E-state index in [2.05, 4.69) is 4.72 Å². The average molecular weight is 307 g/mol. The van der Waals surface area contributed by atoms with Gasteiger partial charge in [0.15, 0.2) is 0 Å². The van der Waals surface area contributed by atoms with Crippen LogP contribution in [-0.2, 0) is 19.7 Å². The Morgan fingerprint density at radius 1 is 1.25 bits per heavy atom. The lowest BCUT2D eigenvalue weighted by Crippen LogP contribution is -2.53. The van der Waals surface area contributed by atoms with E-state index in [-0.39, 0.29) is 18.1 Å². The van der Waals surface area contributed by atoms with Crippen molar-refractivity contribution in [1.82, 2.24) is 13.9 Å². The summed E-state index contributed by atoms with van der Waals surface area (Å²) in [5.41, 5.74) is -0.145. The van der Waals surface area contributed by atoms with Crippen molar-refractivity contribution in [1.29, 1.82) is 0 Å². The predicted octanol–water partition coefficient (Wildman–Crippen LogP) is -0.344. The van der Waals surface area contributed by atoms with Gasteiger partial charge in [-0.1, -0.05) is 20.8 Å². The zero-order valence-electron chi connectivity index (χ0n) is 12.6. The van der Waals surface area contributed by atoms with Crippen LogP contribution in [0.1, 0.15) is 20.8 Å². The minimum absolute atomic E-state index is 0.145. The normalized spacial score (nSPS) is 19.9. The molecule has 0 aliphatic carbocycles. The van der Waals surface area contributed by atoms with Gasteiger partial charge >= 0.3 is 0 Å². The summed E-state index contributed by atoms with van der Waals surface area (Å²) in [6.45, 7) is 7.72. The van der Waals surface area contributed by atoms with Crippen LogP contribution in [0.25, 0.3) is 0 Å². The number of hydrogen-bond donors (Lipinski definition) is 1. The average Bonchev–Trinajstić information content (AvgIpc) is 2.38. The molecule has 1 N–H and O–H groups in total. The third-order valence-electron chi connectivity index (χ3n) is 3.46. The molecule has 0 spiro atoms. The van der Waals surface area contributed by atoms with Gasteiger partial charge in [-0.2, -0.15) is 17.4 Å². The molecule has 1 atom stereocenters. The molecule has 1 fully saturated rings. The molecule has 20 heavy (non-hydrogen) atoms. The number of ether oxygens (including phenoxy) is 1. The van der Waals surface area contributed by atoms with E-state index in [9.17, 15) is 13.2 Å². The molecule has 118 valence electrons. The molecular weight excluding hydrogens is 282 g/mol. The van der Waals surface area contributed by atoms with Gasteiger partial charge in [0.2, 0.25) is 6.41 Å². The lowest BCUT2D eigenvalue weighted by atomic mass is 9.89. The van der Waals surface area contributed by atoms with E-state index >= 15 is 0 Å². The fraction of sp³-hybridized carbons (Fsp3) is 0.917. The first-order valence-electron chi connectivity index (χ1n) is 6.67. The highest BCUT2D eigenvalue weighted by Crippen LogP contribution is 2.21. The van der Waals surface area contributed by atoms with Crippen molar-refractivity contribution in [3.8, 4) is 0 Å². The smallest absolute Gasteiger partial charge is 0.279 e. The summed E-state index contributed by atoms with van der Waals surface area (Å²) >= 11 is 0. The standard InChI is InChI=1S/C12H25N3O4S/c1-12(2,3)11(19-4)9-13-20(17,18)15-7-5-14(10-16)6-8-15/h10-11,13H,5-9H2,1-4H3. The van der Waals surface area contributed by atoms with E-state index in [4.69, 9.17) is 4.74 Å². The van der Waals surface area contributed by atoms with Crippen molar-refractivity contribution in [2.75, 3.05) is 39.8 Å². The van der Waals surface area contributed by atoms with Gasteiger partial charge in [-0.25, -0.2) is 0 Å². The number of nitrogens with zero attached hydrogens (tertiary/aromatic N) is 2. The molecule has 0 bridgehead atoms. The summed E-state index contributed by atoms with van der Waals surface area (Å²) in [5, 5.41) is 0. The second-order valence-corrected chi connectivity index (χ2v) is 7.74. The van der Waals surface area contributed by atoms with Crippen LogP contribution in [0.15, 0.2) is 0 Å². The van der Waals surface area contributed by atoms with Gasteiger partial charge in [-0.05, 0) is 5.41 Å². The van der Waals surface area contributed by atoms with Crippen LogP contribution in [0.5, 0.6) is 0 Å². The maximum atomic E-state index is 12.2. The lowest BCUT2D eigenvalue weighted by Gasteiger charge is -2.33. The molecule has 1 aliphatic rings. The molecule has 7 nitrogen and oxygen atoms in total.